The van der Waals surface area contributed by atoms with Gasteiger partial charge in [0.15, 0.2) is 0 Å². The fourth-order valence-electron chi connectivity index (χ4n) is 3.92. The minimum absolute atomic E-state index is 0.0394. The molecule has 0 N–H and O–H groups in total. The maximum absolute atomic E-state index is 13.3. The largest absolute Gasteiger partial charge is 0.573 e. The summed E-state index contributed by atoms with van der Waals surface area (Å²) in [5, 5.41) is 0.529. The molecule has 4 rings (SSSR count). The Labute approximate surface area is 193 Å². The van der Waals surface area contributed by atoms with Crippen LogP contribution in [0, 0.1) is 0 Å². The van der Waals surface area contributed by atoms with Gasteiger partial charge in [-0.2, -0.15) is 0 Å². The fourth-order valence-corrected chi connectivity index (χ4v) is 4.08. The number of nitrogens with zero attached hydrogens (tertiary/aromatic N) is 3. The maximum atomic E-state index is 13.3. The van der Waals surface area contributed by atoms with Gasteiger partial charge in [0.2, 0.25) is 0 Å². The average Bonchev–Trinajstić information content (AvgIpc) is 3.15. The van der Waals surface area contributed by atoms with Gasteiger partial charge in [-0.05, 0) is 49.1 Å². The molecular formula is C23H23ClF3N3O3. The van der Waals surface area contributed by atoms with Crippen molar-refractivity contribution in [2.75, 3.05) is 13.1 Å². The van der Waals surface area contributed by atoms with Crippen molar-refractivity contribution in [2.24, 2.45) is 0 Å². The summed E-state index contributed by atoms with van der Waals surface area (Å²) in [5.74, 6) is -0.349. The summed E-state index contributed by atoms with van der Waals surface area (Å²) >= 11 is 6.13. The monoisotopic (exact) mass is 481 g/mol. The molecule has 176 valence electrons. The lowest BCUT2D eigenvalue weighted by Crippen LogP contribution is -2.41. The number of aromatic nitrogens is 2. The van der Waals surface area contributed by atoms with Crippen LogP contribution in [0.25, 0.3) is 5.65 Å². The molecule has 1 saturated heterocycles. The number of halogens is 4. The lowest BCUT2D eigenvalue weighted by Gasteiger charge is -2.32. The number of aryl methyl sites for hydroxylation is 1. The molecule has 1 fully saturated rings. The van der Waals surface area contributed by atoms with Crippen molar-refractivity contribution in [2.45, 2.75) is 45.3 Å². The van der Waals surface area contributed by atoms with Crippen molar-refractivity contribution in [3.05, 3.63) is 64.6 Å². The maximum Gasteiger partial charge on any atom is 0.573 e. The zero-order valence-corrected chi connectivity index (χ0v) is 18.7. The molecule has 1 aromatic carbocycles. The van der Waals surface area contributed by atoms with Gasteiger partial charge in [0, 0.05) is 19.3 Å². The number of alkyl halides is 3. The summed E-state index contributed by atoms with van der Waals surface area (Å²) in [6, 6.07) is 9.16. The Morgan fingerprint density at radius 2 is 1.85 bits per heavy atom. The van der Waals surface area contributed by atoms with E-state index in [0.717, 1.165) is 11.3 Å². The van der Waals surface area contributed by atoms with Crippen LogP contribution < -0.4 is 4.74 Å². The number of imidazole rings is 1. The van der Waals surface area contributed by atoms with Crippen LogP contribution in [0.15, 0.2) is 42.6 Å². The predicted molar refractivity (Wildman–Crippen MR) is 116 cm³/mol. The third-order valence-electron chi connectivity index (χ3n) is 5.56. The number of carbonyl (C=O) groups is 1. The number of pyridine rings is 1. The van der Waals surface area contributed by atoms with Crippen molar-refractivity contribution >= 4 is 23.2 Å². The quantitative estimate of drug-likeness (QED) is 0.481. The Morgan fingerprint density at radius 3 is 2.48 bits per heavy atom. The minimum atomic E-state index is -4.71. The van der Waals surface area contributed by atoms with E-state index >= 15 is 0 Å². The molecule has 33 heavy (non-hydrogen) atoms. The number of hydrogen-bond donors (Lipinski definition) is 0. The summed E-state index contributed by atoms with van der Waals surface area (Å²) < 4.78 is 48.3. The number of likely N-dealkylation sites (tertiary alicyclic amines) is 1. The summed E-state index contributed by atoms with van der Waals surface area (Å²) in [7, 11) is 0. The summed E-state index contributed by atoms with van der Waals surface area (Å²) in [6.45, 7) is 3.32. The van der Waals surface area contributed by atoms with Crippen LogP contribution in [0.1, 0.15) is 41.5 Å². The van der Waals surface area contributed by atoms with Crippen molar-refractivity contribution in [1.82, 2.24) is 14.3 Å². The van der Waals surface area contributed by atoms with Gasteiger partial charge >= 0.3 is 6.36 Å². The number of piperidine rings is 1. The number of hydrogen-bond acceptors (Lipinski definition) is 4. The highest BCUT2D eigenvalue weighted by Gasteiger charge is 2.31. The van der Waals surface area contributed by atoms with E-state index in [9.17, 15) is 18.0 Å². The molecule has 6 nitrogen and oxygen atoms in total. The fraction of sp³-hybridized carbons (Fsp3) is 0.391. The lowest BCUT2D eigenvalue weighted by molar-refractivity contribution is -0.274. The van der Waals surface area contributed by atoms with Gasteiger partial charge in [-0.3, -0.25) is 9.20 Å². The van der Waals surface area contributed by atoms with Gasteiger partial charge in [-0.1, -0.05) is 30.7 Å². The molecule has 0 spiro atoms. The molecule has 3 aromatic rings. The average molecular weight is 482 g/mol. The number of rotatable bonds is 6. The van der Waals surface area contributed by atoms with Crippen molar-refractivity contribution in [1.29, 1.82) is 0 Å². The first-order valence-electron chi connectivity index (χ1n) is 10.7. The number of benzene rings is 1. The highest BCUT2D eigenvalue weighted by molar-refractivity contribution is 6.30. The van der Waals surface area contributed by atoms with Crippen LogP contribution in [-0.4, -0.2) is 45.7 Å². The molecule has 0 bridgehead atoms. The van der Waals surface area contributed by atoms with Gasteiger partial charge in [-0.25, -0.2) is 4.98 Å². The Balaban J connectivity index is 1.33. The summed E-state index contributed by atoms with van der Waals surface area (Å²) in [5.41, 5.74) is 2.71. The van der Waals surface area contributed by atoms with Crippen LogP contribution in [0.3, 0.4) is 0 Å². The number of ether oxygens (including phenoxy) is 2. The van der Waals surface area contributed by atoms with Crippen molar-refractivity contribution < 1.29 is 27.4 Å². The Hall–Kier alpha value is -2.78. The zero-order valence-electron chi connectivity index (χ0n) is 17.9. The highest BCUT2D eigenvalue weighted by Crippen LogP contribution is 2.24. The SMILES string of the molecule is CCc1nc2ccc(Cl)cn2c1C(=O)N1CCC(OCc2ccc(OC(F)(F)F)cc2)CC1. The third kappa shape index (κ3) is 5.59. The lowest BCUT2D eigenvalue weighted by atomic mass is 10.1. The van der Waals surface area contributed by atoms with Gasteiger partial charge in [0.05, 0.1) is 23.4 Å². The first kappa shape index (κ1) is 23.4. The molecular weight excluding hydrogens is 459 g/mol. The second-order valence-corrected chi connectivity index (χ2v) is 8.27. The smallest absolute Gasteiger partial charge is 0.406 e. The highest BCUT2D eigenvalue weighted by atomic mass is 35.5. The molecule has 0 radical (unpaired) electrons. The standard InChI is InChI=1S/C23H23ClF3N3O3/c1-2-19-21(30-13-16(24)5-8-20(30)28-19)22(31)29-11-9-17(10-12-29)32-14-15-3-6-18(7-4-15)33-23(25,26)27/h3-8,13,17H,2,9-12,14H2,1H3. The Bertz CT molecular complexity index is 1120. The van der Waals surface area contributed by atoms with Crippen molar-refractivity contribution in [3.63, 3.8) is 0 Å². The van der Waals surface area contributed by atoms with E-state index in [2.05, 4.69) is 9.72 Å². The second kappa shape index (κ2) is 9.61. The topological polar surface area (TPSA) is 56.1 Å². The molecule has 0 aliphatic carbocycles. The van der Waals surface area contributed by atoms with Crippen LogP contribution >= 0.6 is 11.6 Å². The van der Waals surface area contributed by atoms with Crippen LogP contribution in [0.2, 0.25) is 5.02 Å². The molecule has 3 heterocycles. The van der Waals surface area contributed by atoms with E-state index < -0.39 is 6.36 Å². The normalized spacial score (nSPS) is 15.2. The number of carbonyl (C=O) groups excluding carboxylic acids is 1. The number of fused-ring (bicyclic) bond motifs is 1. The van der Waals surface area contributed by atoms with E-state index in [0.29, 0.717) is 48.7 Å². The first-order valence-corrected chi connectivity index (χ1v) is 11.0. The van der Waals surface area contributed by atoms with E-state index in [4.69, 9.17) is 16.3 Å². The first-order chi connectivity index (χ1) is 15.7. The van der Waals surface area contributed by atoms with E-state index in [1.165, 1.54) is 12.1 Å². The summed E-state index contributed by atoms with van der Waals surface area (Å²) in [4.78, 5) is 19.6. The number of amides is 1. The molecule has 1 aliphatic rings. The van der Waals surface area contributed by atoms with Gasteiger partial charge in [0.1, 0.15) is 17.1 Å². The minimum Gasteiger partial charge on any atom is -0.406 e. The Kier molecular flexibility index (Phi) is 6.81. The third-order valence-corrected chi connectivity index (χ3v) is 5.79. The molecule has 2 aromatic heterocycles. The molecule has 1 amide bonds. The van der Waals surface area contributed by atoms with Gasteiger partial charge in [0.25, 0.3) is 5.91 Å². The molecule has 1 aliphatic heterocycles. The van der Waals surface area contributed by atoms with E-state index in [-0.39, 0.29) is 24.4 Å². The molecule has 0 unspecified atom stereocenters. The molecule has 0 saturated carbocycles. The second-order valence-electron chi connectivity index (χ2n) is 7.83. The van der Waals surface area contributed by atoms with Crippen molar-refractivity contribution in [3.8, 4) is 5.75 Å². The van der Waals surface area contributed by atoms with Gasteiger partial charge in [-0.15, -0.1) is 13.2 Å². The Morgan fingerprint density at radius 1 is 1.15 bits per heavy atom. The molecule has 10 heteroatoms. The van der Waals surface area contributed by atoms with E-state index in [1.54, 1.807) is 39.8 Å². The zero-order chi connectivity index (χ0) is 23.6. The van der Waals surface area contributed by atoms with Crippen LogP contribution in [-0.2, 0) is 17.8 Å². The van der Waals surface area contributed by atoms with Gasteiger partial charge < -0.3 is 14.4 Å². The van der Waals surface area contributed by atoms with E-state index in [1.807, 2.05) is 6.92 Å². The molecule has 0 atom stereocenters. The predicted octanol–water partition coefficient (Wildman–Crippen LogP) is 5.27. The summed E-state index contributed by atoms with van der Waals surface area (Å²) in [6.07, 6.45) is -1.08. The van der Waals surface area contributed by atoms with Crippen LogP contribution in [0.5, 0.6) is 5.75 Å². The van der Waals surface area contributed by atoms with Crippen LogP contribution in [0.4, 0.5) is 13.2 Å².